The lowest BCUT2D eigenvalue weighted by molar-refractivity contribution is -0.0204. The number of fused-ring (bicyclic) bond motifs is 2. The molecule has 1 aliphatic heterocycles. The van der Waals surface area contributed by atoms with Crippen LogP contribution in [0.25, 0.3) is 21.9 Å². The van der Waals surface area contributed by atoms with Crippen molar-refractivity contribution in [1.29, 1.82) is 0 Å². The molecule has 1 saturated carbocycles. The summed E-state index contributed by atoms with van der Waals surface area (Å²) in [5, 5.41) is 24.3. The zero-order chi connectivity index (χ0) is 22.9. The highest BCUT2D eigenvalue weighted by Crippen LogP contribution is 2.51. The molecule has 4 aromatic rings. The summed E-state index contributed by atoms with van der Waals surface area (Å²) in [5.41, 5.74) is 8.09. The van der Waals surface area contributed by atoms with Gasteiger partial charge < -0.3 is 25.4 Å². The second-order valence-corrected chi connectivity index (χ2v) is 10.3. The second kappa shape index (κ2) is 7.53. The van der Waals surface area contributed by atoms with Crippen molar-refractivity contribution in [3.63, 3.8) is 0 Å². The standard InChI is InChI=1S/C23H22BrClN6O2/c24-15-7-12-1-2-13(8-16(12)29-21(15)26)30-6-4-23(10-30)9-17(18(32)19(23)33)31-5-3-14-20(25)27-11-28-22(14)31/h1-3,5,7-8,11,17-19,32-33H,4,6,9-10H2,(H2,26,29). The van der Waals surface area contributed by atoms with E-state index in [2.05, 4.69) is 41.8 Å². The minimum atomic E-state index is -0.898. The van der Waals surface area contributed by atoms with Crippen LogP contribution in [0.5, 0.6) is 0 Å². The van der Waals surface area contributed by atoms with Crippen LogP contribution < -0.4 is 10.6 Å². The molecule has 0 bridgehead atoms. The Morgan fingerprint density at radius 2 is 2.03 bits per heavy atom. The van der Waals surface area contributed by atoms with Crippen molar-refractivity contribution in [1.82, 2.24) is 19.5 Å². The Bertz CT molecular complexity index is 1400. The van der Waals surface area contributed by atoms with Crippen LogP contribution in [0.1, 0.15) is 18.9 Å². The summed E-state index contributed by atoms with van der Waals surface area (Å²) in [6, 6.07) is 9.66. The molecule has 1 aliphatic carbocycles. The van der Waals surface area contributed by atoms with E-state index in [1.165, 1.54) is 6.33 Å². The third-order valence-electron chi connectivity index (χ3n) is 7.31. The molecule has 0 amide bonds. The van der Waals surface area contributed by atoms with Crippen LogP contribution in [-0.4, -0.2) is 55.0 Å². The maximum Gasteiger partial charge on any atom is 0.145 e. The van der Waals surface area contributed by atoms with E-state index in [1.807, 2.05) is 35.0 Å². The predicted molar refractivity (Wildman–Crippen MR) is 131 cm³/mol. The summed E-state index contributed by atoms with van der Waals surface area (Å²) < 4.78 is 2.70. The summed E-state index contributed by atoms with van der Waals surface area (Å²) in [7, 11) is 0. The SMILES string of the molecule is Nc1nc2cc(N3CCC4(CC(n5ccc6c(Cl)ncnc65)C(O)C4O)C3)ccc2cc1Br. The zero-order valence-corrected chi connectivity index (χ0v) is 19.9. The predicted octanol–water partition coefficient (Wildman–Crippen LogP) is 3.54. The van der Waals surface area contributed by atoms with Gasteiger partial charge in [0, 0.05) is 35.8 Å². The molecule has 2 fully saturated rings. The number of rotatable bonds is 2. The molecule has 1 saturated heterocycles. The van der Waals surface area contributed by atoms with E-state index in [4.69, 9.17) is 17.3 Å². The average Bonchev–Trinajstić information content (AvgIpc) is 3.48. The molecule has 170 valence electrons. The van der Waals surface area contributed by atoms with Gasteiger partial charge in [0.05, 0.1) is 27.5 Å². The van der Waals surface area contributed by atoms with Crippen molar-refractivity contribution in [3.8, 4) is 0 Å². The van der Waals surface area contributed by atoms with E-state index < -0.39 is 17.6 Å². The molecule has 4 heterocycles. The Kier molecular flexibility index (Phi) is 4.81. The Morgan fingerprint density at radius 1 is 1.18 bits per heavy atom. The number of nitrogens with zero attached hydrogens (tertiary/aromatic N) is 5. The van der Waals surface area contributed by atoms with Crippen molar-refractivity contribution in [2.24, 2.45) is 5.41 Å². The number of aliphatic hydroxyl groups excluding tert-OH is 2. The molecule has 4 atom stereocenters. The fraction of sp³-hybridized carbons (Fsp3) is 0.348. The third kappa shape index (κ3) is 3.21. The van der Waals surface area contributed by atoms with E-state index in [1.54, 1.807) is 0 Å². The largest absolute Gasteiger partial charge is 0.390 e. The first-order chi connectivity index (χ1) is 15.9. The van der Waals surface area contributed by atoms with Gasteiger partial charge in [0.2, 0.25) is 0 Å². The molecular weight excluding hydrogens is 508 g/mol. The number of aromatic nitrogens is 4. The number of nitrogens with two attached hydrogens (primary N) is 1. The first-order valence-corrected chi connectivity index (χ1v) is 12.0. The van der Waals surface area contributed by atoms with Gasteiger partial charge in [0.25, 0.3) is 0 Å². The fourth-order valence-electron chi connectivity index (χ4n) is 5.57. The summed E-state index contributed by atoms with van der Waals surface area (Å²) in [5.74, 6) is 0.456. The maximum atomic E-state index is 11.2. The number of hydrogen-bond donors (Lipinski definition) is 3. The highest BCUT2D eigenvalue weighted by molar-refractivity contribution is 9.10. The first kappa shape index (κ1) is 21.1. The lowest BCUT2D eigenvalue weighted by atomic mass is 9.83. The molecule has 0 radical (unpaired) electrons. The molecule has 1 aromatic carbocycles. The summed E-state index contributed by atoms with van der Waals surface area (Å²) in [4.78, 5) is 15.2. The zero-order valence-electron chi connectivity index (χ0n) is 17.6. The molecule has 6 rings (SSSR count). The van der Waals surface area contributed by atoms with Gasteiger partial charge in [-0.15, -0.1) is 0 Å². The average molecular weight is 530 g/mol. The van der Waals surface area contributed by atoms with Crippen molar-refractivity contribution in [3.05, 3.63) is 52.5 Å². The lowest BCUT2D eigenvalue weighted by Crippen LogP contribution is -2.38. The minimum absolute atomic E-state index is 0.293. The van der Waals surface area contributed by atoms with Crippen molar-refractivity contribution in [2.45, 2.75) is 31.1 Å². The molecule has 33 heavy (non-hydrogen) atoms. The van der Waals surface area contributed by atoms with E-state index in [0.717, 1.165) is 39.4 Å². The van der Waals surface area contributed by atoms with Gasteiger partial charge in [-0.05, 0) is 53.0 Å². The van der Waals surface area contributed by atoms with Gasteiger partial charge in [0.15, 0.2) is 0 Å². The molecule has 4 unspecified atom stereocenters. The van der Waals surface area contributed by atoms with Crippen LogP contribution in [0.3, 0.4) is 0 Å². The van der Waals surface area contributed by atoms with Crippen molar-refractivity contribution < 1.29 is 10.2 Å². The van der Waals surface area contributed by atoms with Gasteiger partial charge in [-0.25, -0.2) is 15.0 Å². The number of anilines is 2. The Labute approximate surface area is 203 Å². The summed E-state index contributed by atoms with van der Waals surface area (Å²) in [6.07, 6.45) is 2.98. The lowest BCUT2D eigenvalue weighted by Gasteiger charge is -2.29. The molecular formula is C23H22BrClN6O2. The van der Waals surface area contributed by atoms with Gasteiger partial charge in [-0.3, -0.25) is 0 Å². The number of hydrogen-bond acceptors (Lipinski definition) is 7. The number of halogens is 2. The topological polar surface area (TPSA) is 113 Å². The Hall–Kier alpha value is -2.46. The van der Waals surface area contributed by atoms with Crippen molar-refractivity contribution >= 4 is 61.0 Å². The van der Waals surface area contributed by atoms with Gasteiger partial charge in [0.1, 0.15) is 29.0 Å². The van der Waals surface area contributed by atoms with E-state index in [0.29, 0.717) is 29.6 Å². The van der Waals surface area contributed by atoms with E-state index in [9.17, 15) is 10.2 Å². The van der Waals surface area contributed by atoms with E-state index >= 15 is 0 Å². The highest BCUT2D eigenvalue weighted by Gasteiger charge is 2.56. The molecule has 10 heteroatoms. The molecule has 1 spiro atoms. The van der Waals surface area contributed by atoms with Crippen LogP contribution in [0.15, 0.2) is 47.3 Å². The van der Waals surface area contributed by atoms with Gasteiger partial charge in [-0.1, -0.05) is 17.7 Å². The van der Waals surface area contributed by atoms with Crippen LogP contribution >= 0.6 is 27.5 Å². The minimum Gasteiger partial charge on any atom is -0.390 e. The van der Waals surface area contributed by atoms with Crippen LogP contribution in [-0.2, 0) is 0 Å². The van der Waals surface area contributed by atoms with Gasteiger partial charge >= 0.3 is 0 Å². The normalized spacial score (nSPS) is 27.4. The van der Waals surface area contributed by atoms with Crippen molar-refractivity contribution in [2.75, 3.05) is 23.7 Å². The number of benzene rings is 1. The Balaban J connectivity index is 1.30. The van der Waals surface area contributed by atoms with E-state index in [-0.39, 0.29) is 6.04 Å². The molecule has 2 aliphatic rings. The Morgan fingerprint density at radius 3 is 2.88 bits per heavy atom. The highest BCUT2D eigenvalue weighted by atomic mass is 79.9. The smallest absolute Gasteiger partial charge is 0.145 e. The molecule has 4 N–H and O–H groups in total. The number of pyridine rings is 1. The molecule has 3 aromatic heterocycles. The maximum absolute atomic E-state index is 11.2. The molecule has 8 nitrogen and oxygen atoms in total. The van der Waals surface area contributed by atoms with Crippen LogP contribution in [0, 0.1) is 5.41 Å². The van der Waals surface area contributed by atoms with Crippen LogP contribution in [0.2, 0.25) is 5.15 Å². The quantitative estimate of drug-likeness (QED) is 0.340. The monoisotopic (exact) mass is 528 g/mol. The number of aliphatic hydroxyl groups is 2. The number of nitrogen functional groups attached to an aromatic ring is 1. The fourth-order valence-corrected chi connectivity index (χ4v) is 6.09. The summed E-state index contributed by atoms with van der Waals surface area (Å²) >= 11 is 9.64. The van der Waals surface area contributed by atoms with Crippen LogP contribution in [0.4, 0.5) is 11.5 Å². The third-order valence-corrected chi connectivity index (χ3v) is 8.25. The summed E-state index contributed by atoms with van der Waals surface area (Å²) in [6.45, 7) is 1.43. The second-order valence-electron chi connectivity index (χ2n) is 9.10. The van der Waals surface area contributed by atoms with Gasteiger partial charge in [-0.2, -0.15) is 0 Å². The first-order valence-electron chi connectivity index (χ1n) is 10.8.